The second-order valence-electron chi connectivity index (χ2n) is 11.1. The normalized spacial score (nSPS) is 19.8. The minimum Gasteiger partial charge on any atom is -0.379 e. The van der Waals surface area contributed by atoms with E-state index in [1.54, 1.807) is 0 Å². The van der Waals surface area contributed by atoms with Gasteiger partial charge in [-0.2, -0.15) is 0 Å². The molecule has 0 bridgehead atoms. The number of aryl methyl sites for hydroxylation is 2. The maximum Gasteiger partial charge on any atom is 0.195 e. The standard InChI is InChI=1S/C30H37N3O2.C2H6/c1-5-20-17-23-24(18-26(20)33-10-8-21(9-11-33)32-12-14-35-15-13-32)30(3,4)29-27(28(23)34)22-7-6-19(2)16-25(22)31-29;1-2/h6-7,16-18,21,31H,5,8-15H2,1-4H3;1-2H3. The van der Waals surface area contributed by atoms with E-state index in [1.807, 2.05) is 13.8 Å². The number of H-pyrrole nitrogens is 1. The number of benzene rings is 2. The van der Waals surface area contributed by atoms with E-state index in [2.05, 4.69) is 72.8 Å². The molecular formula is C32H43N3O2. The van der Waals surface area contributed by atoms with Crippen molar-refractivity contribution >= 4 is 22.4 Å². The van der Waals surface area contributed by atoms with Crippen LogP contribution in [0.25, 0.3) is 10.9 Å². The average molecular weight is 502 g/mol. The lowest BCUT2D eigenvalue weighted by molar-refractivity contribution is 0.0115. The number of fused-ring (bicyclic) bond motifs is 4. The highest BCUT2D eigenvalue weighted by molar-refractivity contribution is 6.20. The molecule has 3 heterocycles. The largest absolute Gasteiger partial charge is 0.379 e. The summed E-state index contributed by atoms with van der Waals surface area (Å²) in [6.07, 6.45) is 3.31. The van der Waals surface area contributed by atoms with E-state index in [4.69, 9.17) is 4.74 Å². The average Bonchev–Trinajstić information content (AvgIpc) is 3.33. The number of hydrogen-bond donors (Lipinski definition) is 1. The van der Waals surface area contributed by atoms with Crippen LogP contribution in [0.4, 0.5) is 5.69 Å². The lowest BCUT2D eigenvalue weighted by Gasteiger charge is -2.42. The fourth-order valence-electron chi connectivity index (χ4n) is 6.62. The Hall–Kier alpha value is -2.63. The van der Waals surface area contributed by atoms with Crippen molar-refractivity contribution in [3.8, 4) is 0 Å². The summed E-state index contributed by atoms with van der Waals surface area (Å²) in [4.78, 5) is 22.7. The SMILES string of the molecule is CC.CCc1cc2c(cc1N1CCC(N3CCOCC3)CC1)C(C)(C)c1[nH]c3cc(C)ccc3c1C2=O. The molecule has 0 unspecified atom stereocenters. The van der Waals surface area contributed by atoms with E-state index in [9.17, 15) is 4.79 Å². The molecular weight excluding hydrogens is 458 g/mol. The number of piperidine rings is 1. The zero-order valence-corrected chi connectivity index (χ0v) is 23.5. The molecule has 2 saturated heterocycles. The molecule has 3 aromatic rings. The highest BCUT2D eigenvalue weighted by Crippen LogP contribution is 2.46. The summed E-state index contributed by atoms with van der Waals surface area (Å²) >= 11 is 0. The minimum absolute atomic E-state index is 0.164. The first-order valence-corrected chi connectivity index (χ1v) is 14.3. The molecule has 0 atom stereocenters. The van der Waals surface area contributed by atoms with Crippen LogP contribution in [-0.4, -0.2) is 61.1 Å². The molecule has 1 N–H and O–H groups in total. The molecule has 2 aliphatic heterocycles. The van der Waals surface area contributed by atoms with Crippen LogP contribution in [0.15, 0.2) is 30.3 Å². The first-order chi connectivity index (χ1) is 17.9. The predicted octanol–water partition coefficient (Wildman–Crippen LogP) is 6.24. The van der Waals surface area contributed by atoms with Crippen LogP contribution in [-0.2, 0) is 16.6 Å². The number of aromatic amines is 1. The number of rotatable bonds is 3. The van der Waals surface area contributed by atoms with Crippen LogP contribution in [0.2, 0.25) is 0 Å². The third-order valence-electron chi connectivity index (χ3n) is 8.69. The summed E-state index contributed by atoms with van der Waals surface area (Å²) in [5.41, 5.74) is 8.56. The molecule has 5 nitrogen and oxygen atoms in total. The zero-order chi connectivity index (χ0) is 26.3. The molecule has 2 fully saturated rings. The van der Waals surface area contributed by atoms with Gasteiger partial charge in [0.05, 0.1) is 18.8 Å². The molecule has 0 saturated carbocycles. The number of ether oxygens (including phenoxy) is 1. The second kappa shape index (κ2) is 10.3. The Morgan fingerprint density at radius 1 is 1.03 bits per heavy atom. The number of ketones is 1. The number of carbonyl (C=O) groups is 1. The van der Waals surface area contributed by atoms with Crippen molar-refractivity contribution in [2.75, 3.05) is 44.3 Å². The topological polar surface area (TPSA) is 48.6 Å². The van der Waals surface area contributed by atoms with Gasteiger partial charge in [-0.25, -0.2) is 0 Å². The monoisotopic (exact) mass is 501 g/mol. The molecule has 0 radical (unpaired) electrons. The second-order valence-corrected chi connectivity index (χ2v) is 11.1. The Labute approximate surface area is 222 Å². The molecule has 198 valence electrons. The van der Waals surface area contributed by atoms with Gasteiger partial charge in [0.1, 0.15) is 0 Å². The molecule has 37 heavy (non-hydrogen) atoms. The van der Waals surface area contributed by atoms with Crippen molar-refractivity contribution < 1.29 is 9.53 Å². The third kappa shape index (κ3) is 4.40. The highest BCUT2D eigenvalue weighted by Gasteiger charge is 2.40. The van der Waals surface area contributed by atoms with Gasteiger partial charge >= 0.3 is 0 Å². The Balaban J connectivity index is 0.00000137. The number of nitrogens with zero attached hydrogens (tertiary/aromatic N) is 2. The van der Waals surface area contributed by atoms with Crippen molar-refractivity contribution in [3.05, 3.63) is 63.8 Å². The lowest BCUT2D eigenvalue weighted by atomic mass is 9.70. The first kappa shape index (κ1) is 26.0. The van der Waals surface area contributed by atoms with Crippen molar-refractivity contribution in [3.63, 3.8) is 0 Å². The van der Waals surface area contributed by atoms with Crippen molar-refractivity contribution in [1.29, 1.82) is 0 Å². The van der Waals surface area contributed by atoms with E-state index in [-0.39, 0.29) is 11.2 Å². The van der Waals surface area contributed by atoms with Gasteiger partial charge in [0, 0.05) is 65.5 Å². The maximum absolute atomic E-state index is 13.9. The zero-order valence-electron chi connectivity index (χ0n) is 23.5. The van der Waals surface area contributed by atoms with Crippen molar-refractivity contribution in [1.82, 2.24) is 9.88 Å². The number of hydrogen-bond acceptors (Lipinski definition) is 4. The summed E-state index contributed by atoms with van der Waals surface area (Å²) in [5, 5.41) is 1.04. The van der Waals surface area contributed by atoms with Crippen LogP contribution in [0.1, 0.15) is 85.8 Å². The molecule has 3 aliphatic rings. The predicted molar refractivity (Wildman–Crippen MR) is 153 cm³/mol. The van der Waals surface area contributed by atoms with E-state index in [1.165, 1.54) is 29.7 Å². The molecule has 5 heteroatoms. The van der Waals surface area contributed by atoms with Gasteiger partial charge in [-0.15, -0.1) is 0 Å². The third-order valence-corrected chi connectivity index (χ3v) is 8.69. The fourth-order valence-corrected chi connectivity index (χ4v) is 6.62. The van der Waals surface area contributed by atoms with E-state index in [0.29, 0.717) is 6.04 Å². The summed E-state index contributed by atoms with van der Waals surface area (Å²) < 4.78 is 5.56. The summed E-state index contributed by atoms with van der Waals surface area (Å²) in [5.74, 6) is 0.164. The van der Waals surface area contributed by atoms with Crippen LogP contribution in [0.3, 0.4) is 0 Å². The Bertz CT molecular complexity index is 1290. The number of morpholine rings is 1. The van der Waals surface area contributed by atoms with Gasteiger partial charge in [0.25, 0.3) is 0 Å². The van der Waals surface area contributed by atoms with Crippen LogP contribution in [0.5, 0.6) is 0 Å². The summed E-state index contributed by atoms with van der Waals surface area (Å²) in [7, 11) is 0. The minimum atomic E-state index is -0.265. The highest BCUT2D eigenvalue weighted by atomic mass is 16.5. The molecule has 1 aromatic heterocycles. The number of anilines is 1. The van der Waals surface area contributed by atoms with Gasteiger partial charge in [-0.1, -0.05) is 46.8 Å². The van der Waals surface area contributed by atoms with Gasteiger partial charge in [0.2, 0.25) is 0 Å². The van der Waals surface area contributed by atoms with E-state index >= 15 is 0 Å². The molecule has 0 amide bonds. The number of nitrogens with one attached hydrogen (secondary N) is 1. The Kier molecular flexibility index (Phi) is 7.21. The molecule has 0 spiro atoms. The number of aromatic nitrogens is 1. The molecule has 2 aromatic carbocycles. The number of carbonyl (C=O) groups excluding carboxylic acids is 1. The smallest absolute Gasteiger partial charge is 0.195 e. The quantitative estimate of drug-likeness (QED) is 0.462. The van der Waals surface area contributed by atoms with Crippen LogP contribution < -0.4 is 4.90 Å². The molecule has 6 rings (SSSR count). The van der Waals surface area contributed by atoms with Gasteiger partial charge in [-0.05, 0) is 61.1 Å². The fraction of sp³-hybridized carbons (Fsp3) is 0.531. The van der Waals surface area contributed by atoms with Gasteiger partial charge in [-0.3, -0.25) is 9.69 Å². The summed E-state index contributed by atoms with van der Waals surface area (Å²) in [6.45, 7) is 18.8. The van der Waals surface area contributed by atoms with Crippen LogP contribution in [0, 0.1) is 6.92 Å². The van der Waals surface area contributed by atoms with Crippen LogP contribution >= 0.6 is 0 Å². The van der Waals surface area contributed by atoms with E-state index < -0.39 is 0 Å². The lowest BCUT2D eigenvalue weighted by Crippen LogP contribution is -2.49. The van der Waals surface area contributed by atoms with Gasteiger partial charge < -0.3 is 14.6 Å². The van der Waals surface area contributed by atoms with Gasteiger partial charge in [0.15, 0.2) is 5.78 Å². The molecule has 1 aliphatic carbocycles. The van der Waals surface area contributed by atoms with Crippen molar-refractivity contribution in [2.24, 2.45) is 0 Å². The van der Waals surface area contributed by atoms with E-state index in [0.717, 1.165) is 79.1 Å². The summed E-state index contributed by atoms with van der Waals surface area (Å²) in [6, 6.07) is 11.6. The first-order valence-electron chi connectivity index (χ1n) is 14.3. The Morgan fingerprint density at radius 3 is 2.41 bits per heavy atom. The van der Waals surface area contributed by atoms with Crippen molar-refractivity contribution in [2.45, 2.75) is 72.3 Å². The Morgan fingerprint density at radius 2 is 1.73 bits per heavy atom. The maximum atomic E-state index is 13.9.